The van der Waals surface area contributed by atoms with Crippen molar-refractivity contribution in [2.24, 2.45) is 5.73 Å². The van der Waals surface area contributed by atoms with Crippen molar-refractivity contribution in [1.29, 1.82) is 5.26 Å². The lowest BCUT2D eigenvalue weighted by atomic mass is 9.95. The van der Waals surface area contributed by atoms with Gasteiger partial charge in [0.15, 0.2) is 0 Å². The summed E-state index contributed by atoms with van der Waals surface area (Å²) in [5.74, 6) is 0.0265. The van der Waals surface area contributed by atoms with Crippen LogP contribution < -0.4 is 21.3 Å². The minimum absolute atomic E-state index is 0.246. The van der Waals surface area contributed by atoms with Gasteiger partial charge >= 0.3 is 0 Å². The number of carbonyl (C=O) groups excluding carboxylic acids is 1. The van der Waals surface area contributed by atoms with Crippen molar-refractivity contribution >= 4 is 34.4 Å². The van der Waals surface area contributed by atoms with Crippen LogP contribution in [0.2, 0.25) is 0 Å². The quantitative estimate of drug-likeness (QED) is 0.496. The maximum Gasteiger partial charge on any atom is 0.248 e. The molecule has 1 amide bonds. The molecule has 1 aromatic heterocycles. The first-order valence-corrected chi connectivity index (χ1v) is 12.5. The van der Waals surface area contributed by atoms with Crippen molar-refractivity contribution in [3.05, 3.63) is 48.2 Å². The van der Waals surface area contributed by atoms with Crippen molar-refractivity contribution in [3.63, 3.8) is 0 Å². The maximum atomic E-state index is 12.0. The average Bonchev–Trinajstić information content (AvgIpc) is 2.89. The van der Waals surface area contributed by atoms with E-state index in [1.165, 1.54) is 19.3 Å². The lowest BCUT2D eigenvalue weighted by molar-refractivity contribution is -0.112. The summed E-state index contributed by atoms with van der Waals surface area (Å²) >= 11 is 0. The number of nitrogens with zero attached hydrogens (tertiary/aromatic N) is 4. The molecule has 4 N–H and O–H groups in total. The number of nitrogens with two attached hydrogens (primary N) is 1. The molecule has 2 aromatic rings. The van der Waals surface area contributed by atoms with Gasteiger partial charge in [0, 0.05) is 67.0 Å². The molecule has 1 aromatic carbocycles. The van der Waals surface area contributed by atoms with Gasteiger partial charge in [-0.3, -0.25) is 4.79 Å². The van der Waals surface area contributed by atoms with Crippen molar-refractivity contribution < 1.29 is 4.79 Å². The first-order chi connectivity index (χ1) is 17.0. The van der Waals surface area contributed by atoms with Crippen LogP contribution in [0.15, 0.2) is 37.0 Å². The van der Waals surface area contributed by atoms with Gasteiger partial charge in [-0.15, -0.1) is 0 Å². The number of aromatic nitrogens is 1. The molecule has 1 saturated heterocycles. The highest BCUT2D eigenvalue weighted by atomic mass is 16.1. The molecule has 0 atom stereocenters. The summed E-state index contributed by atoms with van der Waals surface area (Å²) in [6.45, 7) is 11.0. The average molecular weight is 474 g/mol. The number of hydrogen-bond acceptors (Lipinski definition) is 7. The van der Waals surface area contributed by atoms with Gasteiger partial charge < -0.3 is 26.2 Å². The monoisotopic (exact) mass is 473 g/mol. The van der Waals surface area contributed by atoms with Gasteiger partial charge in [0.25, 0.3) is 0 Å². The number of benzene rings is 1. The van der Waals surface area contributed by atoms with Gasteiger partial charge in [-0.05, 0) is 37.6 Å². The minimum Gasteiger partial charge on any atom is -0.381 e. The fourth-order valence-electron chi connectivity index (χ4n) is 4.88. The molecule has 2 aliphatic rings. The van der Waals surface area contributed by atoms with Gasteiger partial charge in [0.05, 0.1) is 11.3 Å². The maximum absolute atomic E-state index is 12.0. The highest BCUT2D eigenvalue weighted by Crippen LogP contribution is 2.32. The zero-order valence-electron chi connectivity index (χ0n) is 20.5. The van der Waals surface area contributed by atoms with E-state index in [2.05, 4.69) is 45.0 Å². The topological polar surface area (TPSA) is 110 Å². The van der Waals surface area contributed by atoms with Crippen LogP contribution in [0.25, 0.3) is 5.57 Å². The lowest BCUT2D eigenvalue weighted by Gasteiger charge is -2.35. The van der Waals surface area contributed by atoms with E-state index in [0.717, 1.165) is 56.9 Å². The van der Waals surface area contributed by atoms with Crippen molar-refractivity contribution in [1.82, 2.24) is 9.88 Å². The summed E-state index contributed by atoms with van der Waals surface area (Å²) in [6, 6.07) is 10.4. The van der Waals surface area contributed by atoms with Crippen molar-refractivity contribution in [3.8, 4) is 6.07 Å². The van der Waals surface area contributed by atoms with Gasteiger partial charge in [0.1, 0.15) is 11.9 Å². The number of nitriles is 1. The van der Waals surface area contributed by atoms with E-state index in [-0.39, 0.29) is 5.57 Å². The molecular weight excluding hydrogens is 438 g/mol. The van der Waals surface area contributed by atoms with E-state index in [4.69, 9.17) is 5.73 Å². The second kappa shape index (κ2) is 11.2. The molecule has 8 heteroatoms. The Kier molecular flexibility index (Phi) is 7.88. The lowest BCUT2D eigenvalue weighted by Crippen LogP contribution is -2.46. The number of nitrogens with one attached hydrogen (secondary N) is 2. The molecular formula is C27H35N7O. The van der Waals surface area contributed by atoms with E-state index < -0.39 is 5.91 Å². The highest BCUT2D eigenvalue weighted by molar-refractivity contribution is 6.19. The summed E-state index contributed by atoms with van der Waals surface area (Å²) in [6.07, 6.45) is 7.46. The third kappa shape index (κ3) is 5.92. The number of amides is 1. The van der Waals surface area contributed by atoms with Gasteiger partial charge in [-0.2, -0.15) is 5.26 Å². The number of hydrogen-bond donors (Lipinski definition) is 3. The second-order valence-electron chi connectivity index (χ2n) is 9.33. The third-order valence-electron chi connectivity index (χ3n) is 7.06. The van der Waals surface area contributed by atoms with Crippen LogP contribution in [0.5, 0.6) is 0 Å². The van der Waals surface area contributed by atoms with Crippen molar-refractivity contribution in [2.75, 3.05) is 48.3 Å². The molecule has 2 heterocycles. The number of rotatable bonds is 8. The number of primary amides is 1. The molecule has 1 aliphatic heterocycles. The van der Waals surface area contributed by atoms with Crippen LogP contribution in [0.1, 0.15) is 50.2 Å². The van der Waals surface area contributed by atoms with E-state index in [1.807, 2.05) is 24.3 Å². The first-order valence-electron chi connectivity index (χ1n) is 12.5. The molecule has 0 unspecified atom stereocenters. The van der Waals surface area contributed by atoms with Crippen LogP contribution in [0, 0.1) is 11.3 Å². The molecule has 2 fully saturated rings. The summed E-state index contributed by atoms with van der Waals surface area (Å²) in [7, 11) is 0. The number of anilines is 4. The van der Waals surface area contributed by atoms with Crippen LogP contribution in [-0.4, -0.2) is 54.6 Å². The number of likely N-dealkylation sites (N-methyl/N-ethyl adjacent to an activating group) is 1. The predicted octanol–water partition coefficient (Wildman–Crippen LogP) is 4.08. The van der Waals surface area contributed by atoms with E-state index in [0.29, 0.717) is 28.7 Å². The normalized spacial score (nSPS) is 17.0. The van der Waals surface area contributed by atoms with Crippen LogP contribution in [-0.2, 0) is 4.79 Å². The largest absolute Gasteiger partial charge is 0.381 e. The fraction of sp³-hybridized carbons (Fsp3) is 0.444. The Morgan fingerprint density at radius 2 is 1.91 bits per heavy atom. The number of carbonyl (C=O) groups is 1. The Balaban J connectivity index is 1.59. The zero-order chi connectivity index (χ0) is 24.8. The molecule has 0 radical (unpaired) electrons. The van der Waals surface area contributed by atoms with E-state index in [9.17, 15) is 10.1 Å². The molecule has 0 bridgehead atoms. The number of piperazine rings is 1. The van der Waals surface area contributed by atoms with Crippen LogP contribution in [0.3, 0.4) is 0 Å². The standard InChI is InChI=1S/C27H35N7O/c1-3-33-11-13-34(14-12-33)22-9-10-24(23(15-22)19(2)27(29)35)32-26-16-25(20(17-28)18-30-26)31-21-7-5-4-6-8-21/h9-10,15-16,18,21H,2-8,11-14H2,1H3,(H2,29,35)(H2,30,31,32). The smallest absolute Gasteiger partial charge is 0.248 e. The molecule has 0 spiro atoms. The fourth-order valence-corrected chi connectivity index (χ4v) is 4.88. The molecule has 35 heavy (non-hydrogen) atoms. The van der Waals surface area contributed by atoms with Gasteiger partial charge in [-0.25, -0.2) is 4.98 Å². The van der Waals surface area contributed by atoms with E-state index >= 15 is 0 Å². The highest BCUT2D eigenvalue weighted by Gasteiger charge is 2.20. The predicted molar refractivity (Wildman–Crippen MR) is 142 cm³/mol. The van der Waals surface area contributed by atoms with E-state index in [1.54, 1.807) is 6.20 Å². The molecule has 184 valence electrons. The SMILES string of the molecule is C=C(C(N)=O)c1cc(N2CCN(CC)CC2)ccc1Nc1cc(NC2CCCCC2)c(C#N)cn1. The Morgan fingerprint density at radius 1 is 1.17 bits per heavy atom. The molecule has 8 nitrogen and oxygen atoms in total. The number of pyridine rings is 1. The molecule has 1 saturated carbocycles. The Morgan fingerprint density at radius 3 is 2.57 bits per heavy atom. The minimum atomic E-state index is -0.562. The summed E-state index contributed by atoms with van der Waals surface area (Å²) in [5, 5.41) is 16.4. The Bertz CT molecular complexity index is 1110. The van der Waals surface area contributed by atoms with Gasteiger partial charge in [-0.1, -0.05) is 32.8 Å². The van der Waals surface area contributed by atoms with Crippen LogP contribution in [0.4, 0.5) is 22.9 Å². The Labute approximate surface area is 207 Å². The summed E-state index contributed by atoms with van der Waals surface area (Å²) < 4.78 is 0. The summed E-state index contributed by atoms with van der Waals surface area (Å²) in [4.78, 5) is 21.2. The van der Waals surface area contributed by atoms with Crippen LogP contribution >= 0.6 is 0 Å². The molecule has 1 aliphatic carbocycles. The van der Waals surface area contributed by atoms with Gasteiger partial charge in [0.2, 0.25) is 5.91 Å². The first kappa shape index (κ1) is 24.6. The van der Waals surface area contributed by atoms with Crippen molar-refractivity contribution in [2.45, 2.75) is 45.1 Å². The Hall–Kier alpha value is -3.57. The summed E-state index contributed by atoms with van der Waals surface area (Å²) in [5.41, 5.74) is 9.54. The second-order valence-corrected chi connectivity index (χ2v) is 9.33. The molecule has 4 rings (SSSR count). The zero-order valence-corrected chi connectivity index (χ0v) is 20.5. The third-order valence-corrected chi connectivity index (χ3v) is 7.06.